The first-order valence-corrected chi connectivity index (χ1v) is 14.9. The summed E-state index contributed by atoms with van der Waals surface area (Å²) in [5, 5.41) is 13.2. The van der Waals surface area contributed by atoms with Gasteiger partial charge in [0.25, 0.3) is 11.5 Å². The largest absolute Gasteiger partial charge is 0.378 e. The van der Waals surface area contributed by atoms with E-state index in [1.165, 1.54) is 10.4 Å². The molecule has 1 amide bonds. The number of H-pyrrole nitrogens is 1. The molecule has 1 atom stereocenters. The van der Waals surface area contributed by atoms with Crippen molar-refractivity contribution >= 4 is 17.2 Å². The predicted molar refractivity (Wildman–Crippen MR) is 158 cm³/mol. The Morgan fingerprint density at radius 2 is 1.82 bits per heavy atom. The number of thiophene rings is 1. The second-order valence-corrected chi connectivity index (χ2v) is 13.1. The number of amides is 1. The first-order chi connectivity index (χ1) is 19.2. The Kier molecular flexibility index (Phi) is 6.75. The second kappa shape index (κ2) is 10.1. The first kappa shape index (κ1) is 26.7. The lowest BCUT2D eigenvalue weighted by atomic mass is 9.85. The highest BCUT2D eigenvalue weighted by Gasteiger charge is 2.49. The standard InChI is InChI=1S/C33H35N3O3S/c1-32(2,3)24-11-5-9-22(19-24)21-8-4-10-23(18-21)28(37)30(39)36-16-6-12-26-25(20-36)29(38)35-31(34-26)33(14-15-33)27-13-7-17-40-27/h4-5,7-11,13,17-19,28,37H,6,12,14-16,20H2,1-3H3,(H,34,35,38). The Balaban J connectivity index is 1.24. The zero-order valence-electron chi connectivity index (χ0n) is 23.2. The smallest absolute Gasteiger partial charge is 0.256 e. The van der Waals surface area contributed by atoms with Crippen LogP contribution in [0.1, 0.15) is 79.2 Å². The summed E-state index contributed by atoms with van der Waals surface area (Å²) in [4.78, 5) is 37.7. The molecule has 1 fully saturated rings. The van der Waals surface area contributed by atoms with Gasteiger partial charge in [-0.05, 0) is 70.9 Å². The van der Waals surface area contributed by atoms with Gasteiger partial charge >= 0.3 is 0 Å². The molecule has 4 aromatic rings. The Labute approximate surface area is 238 Å². The SMILES string of the molecule is CC(C)(C)c1cccc(-c2cccc(C(O)C(=O)N3CCCc4nc(C5(c6cccs6)CC5)[nH]c(=O)c4C3)c2)c1. The highest BCUT2D eigenvalue weighted by Crippen LogP contribution is 2.53. The quantitative estimate of drug-likeness (QED) is 0.323. The van der Waals surface area contributed by atoms with E-state index < -0.39 is 12.0 Å². The van der Waals surface area contributed by atoms with Crippen LogP contribution in [0.2, 0.25) is 0 Å². The van der Waals surface area contributed by atoms with E-state index >= 15 is 0 Å². The van der Waals surface area contributed by atoms with E-state index in [-0.39, 0.29) is 22.9 Å². The zero-order valence-corrected chi connectivity index (χ0v) is 24.1. The van der Waals surface area contributed by atoms with E-state index in [9.17, 15) is 14.7 Å². The monoisotopic (exact) mass is 553 g/mol. The fourth-order valence-electron chi connectivity index (χ4n) is 5.68. The van der Waals surface area contributed by atoms with Crippen LogP contribution in [0.25, 0.3) is 11.1 Å². The van der Waals surface area contributed by atoms with Crippen molar-refractivity contribution in [2.75, 3.05) is 6.54 Å². The number of fused-ring (bicyclic) bond motifs is 1. The number of carbonyl (C=O) groups is 1. The Bertz CT molecular complexity index is 1610. The van der Waals surface area contributed by atoms with Gasteiger partial charge in [-0.25, -0.2) is 4.98 Å². The summed E-state index contributed by atoms with van der Waals surface area (Å²) in [6, 6.07) is 20.1. The van der Waals surface area contributed by atoms with Crippen molar-refractivity contribution in [1.82, 2.24) is 14.9 Å². The molecule has 6 nitrogen and oxygen atoms in total. The summed E-state index contributed by atoms with van der Waals surface area (Å²) in [6.07, 6.45) is 1.96. The second-order valence-electron chi connectivity index (χ2n) is 12.1. The minimum atomic E-state index is -1.31. The summed E-state index contributed by atoms with van der Waals surface area (Å²) in [5.41, 5.74) is 4.70. The highest BCUT2D eigenvalue weighted by atomic mass is 32.1. The lowest BCUT2D eigenvalue weighted by molar-refractivity contribution is -0.141. The number of hydrogen-bond donors (Lipinski definition) is 2. The van der Waals surface area contributed by atoms with Crippen molar-refractivity contribution < 1.29 is 9.90 Å². The zero-order chi connectivity index (χ0) is 28.1. The Morgan fingerprint density at radius 3 is 2.52 bits per heavy atom. The van der Waals surface area contributed by atoms with Crippen molar-refractivity contribution in [2.24, 2.45) is 0 Å². The van der Waals surface area contributed by atoms with E-state index in [1.54, 1.807) is 22.3 Å². The fraction of sp³-hybridized carbons (Fsp3) is 0.364. The van der Waals surface area contributed by atoms with Gasteiger partial charge in [0.15, 0.2) is 6.10 Å². The van der Waals surface area contributed by atoms with Crippen LogP contribution in [-0.2, 0) is 28.6 Å². The van der Waals surface area contributed by atoms with E-state index in [0.29, 0.717) is 30.5 Å². The molecule has 0 bridgehead atoms. The average molecular weight is 554 g/mol. The Morgan fingerprint density at radius 1 is 1.07 bits per heavy atom. The molecule has 206 valence electrons. The molecule has 3 heterocycles. The minimum Gasteiger partial charge on any atom is -0.378 e. The van der Waals surface area contributed by atoms with Crippen molar-refractivity contribution in [3.8, 4) is 11.1 Å². The molecule has 0 spiro atoms. The maximum atomic E-state index is 13.5. The van der Waals surface area contributed by atoms with Gasteiger partial charge in [0.1, 0.15) is 5.82 Å². The molecule has 1 saturated carbocycles. The third-order valence-electron chi connectivity index (χ3n) is 8.30. The molecule has 6 rings (SSSR count). The third-order valence-corrected chi connectivity index (χ3v) is 9.37. The number of benzene rings is 2. The maximum absolute atomic E-state index is 13.5. The van der Waals surface area contributed by atoms with E-state index in [2.05, 4.69) is 49.3 Å². The van der Waals surface area contributed by atoms with Crippen LogP contribution in [0.3, 0.4) is 0 Å². The van der Waals surface area contributed by atoms with Gasteiger partial charge < -0.3 is 15.0 Å². The highest BCUT2D eigenvalue weighted by molar-refractivity contribution is 7.10. The summed E-state index contributed by atoms with van der Waals surface area (Å²) >= 11 is 1.70. The summed E-state index contributed by atoms with van der Waals surface area (Å²) in [7, 11) is 0. The number of nitrogens with one attached hydrogen (secondary N) is 1. The average Bonchev–Trinajstić information content (AvgIpc) is 3.64. The lowest BCUT2D eigenvalue weighted by Crippen LogP contribution is -2.36. The molecule has 0 saturated heterocycles. The number of rotatable bonds is 5. The lowest BCUT2D eigenvalue weighted by Gasteiger charge is -2.24. The van der Waals surface area contributed by atoms with Gasteiger partial charge in [0.05, 0.1) is 23.2 Å². The molecule has 0 radical (unpaired) electrons. The normalized spacial score (nSPS) is 17.1. The van der Waals surface area contributed by atoms with Crippen molar-refractivity contribution in [1.29, 1.82) is 0 Å². The fourth-order valence-corrected chi connectivity index (χ4v) is 6.67. The molecule has 1 aliphatic carbocycles. The van der Waals surface area contributed by atoms with Crippen LogP contribution in [0, 0.1) is 0 Å². The Hall–Kier alpha value is -3.55. The number of aromatic nitrogens is 2. The number of aromatic amines is 1. The molecule has 7 heteroatoms. The molecule has 1 aliphatic heterocycles. The maximum Gasteiger partial charge on any atom is 0.256 e. The molecule has 2 aliphatic rings. The molecule has 40 heavy (non-hydrogen) atoms. The van der Waals surface area contributed by atoms with Crippen LogP contribution in [0.15, 0.2) is 70.8 Å². The summed E-state index contributed by atoms with van der Waals surface area (Å²) in [6.45, 7) is 7.15. The van der Waals surface area contributed by atoms with Gasteiger partial charge in [-0.3, -0.25) is 9.59 Å². The van der Waals surface area contributed by atoms with Crippen molar-refractivity contribution in [3.63, 3.8) is 0 Å². The number of hydrogen-bond acceptors (Lipinski definition) is 5. The number of nitrogens with zero attached hydrogens (tertiary/aromatic N) is 2. The number of aryl methyl sites for hydroxylation is 1. The van der Waals surface area contributed by atoms with Gasteiger partial charge in [0.2, 0.25) is 0 Å². The molecule has 2 aromatic heterocycles. The summed E-state index contributed by atoms with van der Waals surface area (Å²) in [5.74, 6) is 0.347. The number of aliphatic hydroxyl groups excluding tert-OH is 1. The molecular weight excluding hydrogens is 518 g/mol. The first-order valence-electron chi connectivity index (χ1n) is 14.0. The van der Waals surface area contributed by atoms with Gasteiger partial charge in [-0.2, -0.15) is 0 Å². The van der Waals surface area contributed by atoms with Gasteiger partial charge in [-0.15, -0.1) is 11.3 Å². The van der Waals surface area contributed by atoms with Crippen LogP contribution in [0.5, 0.6) is 0 Å². The third kappa shape index (κ3) is 4.93. The molecule has 2 aromatic carbocycles. The number of aliphatic hydroxyl groups is 1. The topological polar surface area (TPSA) is 86.3 Å². The predicted octanol–water partition coefficient (Wildman–Crippen LogP) is 5.88. The van der Waals surface area contributed by atoms with Crippen LogP contribution in [0.4, 0.5) is 0 Å². The van der Waals surface area contributed by atoms with Crippen molar-refractivity contribution in [3.05, 3.63) is 109 Å². The van der Waals surface area contributed by atoms with Crippen LogP contribution < -0.4 is 5.56 Å². The van der Waals surface area contributed by atoms with Gasteiger partial charge in [-0.1, -0.05) is 69.3 Å². The molecule has 1 unspecified atom stereocenters. The molecule has 2 N–H and O–H groups in total. The van der Waals surface area contributed by atoms with Gasteiger partial charge in [0, 0.05) is 11.4 Å². The summed E-state index contributed by atoms with van der Waals surface area (Å²) < 4.78 is 0. The van der Waals surface area contributed by atoms with E-state index in [1.807, 2.05) is 36.4 Å². The van der Waals surface area contributed by atoms with E-state index in [4.69, 9.17) is 4.98 Å². The van der Waals surface area contributed by atoms with E-state index in [0.717, 1.165) is 35.5 Å². The number of carbonyl (C=O) groups excluding carboxylic acids is 1. The molecular formula is C33H35N3O3S. The van der Waals surface area contributed by atoms with Crippen molar-refractivity contribution in [2.45, 2.75) is 69.9 Å². The van der Waals surface area contributed by atoms with Crippen LogP contribution >= 0.6 is 11.3 Å². The minimum absolute atomic E-state index is 0.0167. The van der Waals surface area contributed by atoms with Crippen LogP contribution in [-0.4, -0.2) is 32.4 Å².